The highest BCUT2D eigenvalue weighted by atomic mass is 32.1. The van der Waals surface area contributed by atoms with Crippen LogP contribution in [-0.4, -0.2) is 27.0 Å². The highest BCUT2D eigenvalue weighted by molar-refractivity contribution is 7.15. The molecule has 0 bridgehead atoms. The lowest BCUT2D eigenvalue weighted by atomic mass is 10.1. The van der Waals surface area contributed by atoms with Crippen molar-refractivity contribution in [3.05, 3.63) is 71.7 Å². The van der Waals surface area contributed by atoms with Crippen LogP contribution in [0, 0.1) is 0 Å². The SMILES string of the molecule is CC(C)(C)OC(=O)Nc1ccc(CC(=O)Nc2c(-c3ccccc3)nc3sccn23)cc1. The predicted molar refractivity (Wildman–Crippen MR) is 127 cm³/mol. The van der Waals surface area contributed by atoms with Gasteiger partial charge in [0.2, 0.25) is 5.91 Å². The van der Waals surface area contributed by atoms with Gasteiger partial charge in [0.15, 0.2) is 4.96 Å². The van der Waals surface area contributed by atoms with Gasteiger partial charge in [-0.15, -0.1) is 11.3 Å². The summed E-state index contributed by atoms with van der Waals surface area (Å²) in [6, 6.07) is 16.9. The second-order valence-electron chi connectivity index (χ2n) is 8.28. The van der Waals surface area contributed by atoms with Gasteiger partial charge in [-0.05, 0) is 38.5 Å². The Kier molecular flexibility index (Phi) is 5.96. The average Bonchev–Trinajstić information content (AvgIpc) is 3.31. The van der Waals surface area contributed by atoms with E-state index in [9.17, 15) is 9.59 Å². The molecule has 4 rings (SSSR count). The van der Waals surface area contributed by atoms with Gasteiger partial charge in [-0.3, -0.25) is 14.5 Å². The highest BCUT2D eigenvalue weighted by Gasteiger charge is 2.18. The van der Waals surface area contributed by atoms with Crippen molar-refractivity contribution in [1.29, 1.82) is 0 Å². The van der Waals surface area contributed by atoms with Crippen LogP contribution in [0.4, 0.5) is 16.3 Å². The fourth-order valence-electron chi connectivity index (χ4n) is 3.19. The zero-order valence-corrected chi connectivity index (χ0v) is 18.9. The smallest absolute Gasteiger partial charge is 0.412 e. The molecule has 164 valence electrons. The summed E-state index contributed by atoms with van der Waals surface area (Å²) in [6.07, 6.45) is 1.57. The minimum atomic E-state index is -0.567. The van der Waals surface area contributed by atoms with E-state index in [1.54, 1.807) is 24.3 Å². The summed E-state index contributed by atoms with van der Waals surface area (Å²) in [4.78, 5) is 30.2. The number of carbonyl (C=O) groups excluding carboxylic acids is 2. The summed E-state index contributed by atoms with van der Waals surface area (Å²) in [6.45, 7) is 5.42. The van der Waals surface area contributed by atoms with Crippen LogP contribution < -0.4 is 10.6 Å². The van der Waals surface area contributed by atoms with Crippen LogP contribution in [0.5, 0.6) is 0 Å². The number of rotatable bonds is 5. The number of amides is 2. The summed E-state index contributed by atoms with van der Waals surface area (Å²) >= 11 is 1.51. The number of thiazole rings is 1. The number of hydrogen-bond acceptors (Lipinski definition) is 5. The lowest BCUT2D eigenvalue weighted by Crippen LogP contribution is -2.27. The quantitative estimate of drug-likeness (QED) is 0.417. The van der Waals surface area contributed by atoms with Crippen LogP contribution >= 0.6 is 11.3 Å². The van der Waals surface area contributed by atoms with Gasteiger partial charge in [0.25, 0.3) is 0 Å². The Hall–Kier alpha value is -3.65. The van der Waals surface area contributed by atoms with Gasteiger partial charge in [-0.1, -0.05) is 42.5 Å². The van der Waals surface area contributed by atoms with E-state index in [0.717, 1.165) is 21.8 Å². The van der Waals surface area contributed by atoms with Crippen molar-refractivity contribution in [2.75, 3.05) is 10.6 Å². The number of carbonyl (C=O) groups is 2. The zero-order valence-electron chi connectivity index (χ0n) is 18.1. The Bertz CT molecular complexity index is 1240. The van der Waals surface area contributed by atoms with Gasteiger partial charge in [0, 0.05) is 22.8 Å². The van der Waals surface area contributed by atoms with Gasteiger partial charge >= 0.3 is 6.09 Å². The molecule has 0 atom stereocenters. The molecule has 0 aliphatic heterocycles. The minimum absolute atomic E-state index is 0.150. The summed E-state index contributed by atoms with van der Waals surface area (Å²) in [5.74, 6) is 0.503. The molecule has 2 aromatic carbocycles. The molecule has 2 amide bonds. The molecule has 7 nitrogen and oxygen atoms in total. The maximum atomic E-state index is 12.8. The molecule has 2 heterocycles. The molecule has 0 spiro atoms. The van der Waals surface area contributed by atoms with E-state index in [-0.39, 0.29) is 12.3 Å². The maximum absolute atomic E-state index is 12.8. The van der Waals surface area contributed by atoms with Gasteiger partial charge < -0.3 is 10.1 Å². The number of nitrogens with one attached hydrogen (secondary N) is 2. The Labute approximate surface area is 190 Å². The van der Waals surface area contributed by atoms with E-state index >= 15 is 0 Å². The molecule has 0 aliphatic carbocycles. The van der Waals surface area contributed by atoms with Crippen LogP contribution in [-0.2, 0) is 16.0 Å². The molecule has 0 fully saturated rings. The number of benzene rings is 2. The first kappa shape index (κ1) is 21.6. The van der Waals surface area contributed by atoms with Crippen LogP contribution in [0.15, 0.2) is 66.2 Å². The number of anilines is 2. The van der Waals surface area contributed by atoms with E-state index in [0.29, 0.717) is 11.5 Å². The van der Waals surface area contributed by atoms with Crippen molar-refractivity contribution in [1.82, 2.24) is 9.38 Å². The van der Waals surface area contributed by atoms with Crippen LogP contribution in [0.1, 0.15) is 26.3 Å². The van der Waals surface area contributed by atoms with Crippen molar-refractivity contribution in [2.45, 2.75) is 32.8 Å². The third kappa shape index (κ3) is 5.15. The lowest BCUT2D eigenvalue weighted by Gasteiger charge is -2.19. The second kappa shape index (κ2) is 8.84. The minimum Gasteiger partial charge on any atom is -0.444 e. The van der Waals surface area contributed by atoms with Gasteiger partial charge in [-0.25, -0.2) is 9.78 Å². The third-order valence-electron chi connectivity index (χ3n) is 4.53. The van der Waals surface area contributed by atoms with Gasteiger partial charge in [0.05, 0.1) is 6.42 Å². The zero-order chi connectivity index (χ0) is 22.7. The number of ether oxygens (including phenoxy) is 1. The summed E-state index contributed by atoms with van der Waals surface area (Å²) in [5, 5.41) is 7.64. The largest absolute Gasteiger partial charge is 0.444 e. The molecule has 0 aliphatic rings. The molecular formula is C24H24N4O3S. The van der Waals surface area contributed by atoms with Crippen molar-refractivity contribution in [3.63, 3.8) is 0 Å². The molecule has 2 aromatic heterocycles. The molecular weight excluding hydrogens is 424 g/mol. The molecule has 4 aromatic rings. The normalized spacial score (nSPS) is 11.3. The van der Waals surface area contributed by atoms with Crippen molar-refractivity contribution < 1.29 is 14.3 Å². The number of imidazole rings is 1. The van der Waals surface area contributed by atoms with Crippen LogP contribution in [0.3, 0.4) is 0 Å². The number of aromatic nitrogens is 2. The Balaban J connectivity index is 1.45. The van der Waals surface area contributed by atoms with E-state index in [1.807, 2.05) is 67.1 Å². The Morgan fingerprint density at radius 3 is 2.44 bits per heavy atom. The molecule has 32 heavy (non-hydrogen) atoms. The van der Waals surface area contributed by atoms with E-state index < -0.39 is 11.7 Å². The topological polar surface area (TPSA) is 84.7 Å². The van der Waals surface area contributed by atoms with E-state index in [2.05, 4.69) is 15.6 Å². The van der Waals surface area contributed by atoms with Crippen LogP contribution in [0.2, 0.25) is 0 Å². The third-order valence-corrected chi connectivity index (χ3v) is 5.29. The molecule has 2 N–H and O–H groups in total. The van der Waals surface area contributed by atoms with Crippen molar-refractivity contribution >= 4 is 39.8 Å². The second-order valence-corrected chi connectivity index (χ2v) is 9.15. The standard InChI is InChI=1S/C24H24N4O3S/c1-24(2,3)31-23(30)25-18-11-9-16(10-12-18)15-19(29)26-21-20(17-7-5-4-6-8-17)27-22-28(21)13-14-32-22/h4-14H,15H2,1-3H3,(H,25,30)(H,26,29). The van der Waals surface area contributed by atoms with Crippen LogP contribution in [0.25, 0.3) is 16.2 Å². The first-order valence-corrected chi connectivity index (χ1v) is 11.1. The average molecular weight is 449 g/mol. The molecule has 0 radical (unpaired) electrons. The van der Waals surface area contributed by atoms with Crippen molar-refractivity contribution in [3.8, 4) is 11.3 Å². The highest BCUT2D eigenvalue weighted by Crippen LogP contribution is 2.30. The first-order chi connectivity index (χ1) is 15.3. The number of hydrogen-bond donors (Lipinski definition) is 2. The number of nitrogens with zero attached hydrogens (tertiary/aromatic N) is 2. The molecule has 0 unspecified atom stereocenters. The fourth-order valence-corrected chi connectivity index (χ4v) is 3.91. The first-order valence-electron chi connectivity index (χ1n) is 10.2. The van der Waals surface area contributed by atoms with Gasteiger partial charge in [-0.2, -0.15) is 0 Å². The Morgan fingerprint density at radius 2 is 1.75 bits per heavy atom. The molecule has 8 heteroatoms. The summed E-state index contributed by atoms with van der Waals surface area (Å²) in [5.41, 5.74) is 2.54. The summed E-state index contributed by atoms with van der Waals surface area (Å²) in [7, 11) is 0. The summed E-state index contributed by atoms with van der Waals surface area (Å²) < 4.78 is 7.14. The maximum Gasteiger partial charge on any atom is 0.412 e. The fraction of sp³-hybridized carbons (Fsp3) is 0.208. The monoisotopic (exact) mass is 448 g/mol. The van der Waals surface area contributed by atoms with E-state index in [4.69, 9.17) is 4.74 Å². The number of fused-ring (bicyclic) bond motifs is 1. The molecule has 0 saturated heterocycles. The lowest BCUT2D eigenvalue weighted by molar-refractivity contribution is -0.115. The van der Waals surface area contributed by atoms with E-state index in [1.165, 1.54) is 11.3 Å². The predicted octanol–water partition coefficient (Wildman–Crippen LogP) is 5.59. The van der Waals surface area contributed by atoms with Gasteiger partial charge in [0.1, 0.15) is 17.1 Å². The Morgan fingerprint density at radius 1 is 1.03 bits per heavy atom. The van der Waals surface area contributed by atoms with Crippen molar-refractivity contribution in [2.24, 2.45) is 0 Å². The molecule has 0 saturated carbocycles.